The molecule has 0 unspecified atom stereocenters. The number of halogens is 1. The second kappa shape index (κ2) is 6.95. The first-order chi connectivity index (χ1) is 9.63. The topological polar surface area (TPSA) is 70.6 Å². The maximum Gasteiger partial charge on any atom is 0.319 e. The van der Waals surface area contributed by atoms with Crippen LogP contribution in [-0.4, -0.2) is 30.9 Å². The lowest BCUT2D eigenvalue weighted by Gasteiger charge is -2.19. The number of hydrogen-bond acceptors (Lipinski definition) is 3. The summed E-state index contributed by atoms with van der Waals surface area (Å²) in [6.07, 6.45) is 2.94. The molecule has 0 bridgehead atoms. The number of methoxy groups -OCH3 is 1. The lowest BCUT2D eigenvalue weighted by molar-refractivity contribution is 0.203. The Bertz CT molecular complexity index is 481. The van der Waals surface area contributed by atoms with E-state index in [0.717, 1.165) is 23.7 Å². The highest BCUT2D eigenvalue weighted by molar-refractivity contribution is 9.10. The minimum Gasteiger partial charge on any atom is -0.496 e. The molecule has 0 radical (unpaired) electrons. The first kappa shape index (κ1) is 15.1. The minimum absolute atomic E-state index is 0.0571. The highest BCUT2D eigenvalue weighted by atomic mass is 79.9. The summed E-state index contributed by atoms with van der Waals surface area (Å²) in [5.74, 6) is 0.885. The van der Waals surface area contributed by atoms with Crippen LogP contribution in [0.2, 0.25) is 0 Å². The van der Waals surface area contributed by atoms with Crippen molar-refractivity contribution in [3.05, 3.63) is 22.7 Å². The molecule has 1 aliphatic carbocycles. The quantitative estimate of drug-likeness (QED) is 0.787. The molecular weight excluding hydrogens is 324 g/mol. The van der Waals surface area contributed by atoms with Crippen LogP contribution in [0.3, 0.4) is 0 Å². The molecule has 3 N–H and O–H groups in total. The predicted molar refractivity (Wildman–Crippen MR) is 81.1 cm³/mol. The fourth-order valence-electron chi connectivity index (χ4n) is 2.53. The third-order valence-corrected chi connectivity index (χ3v) is 4.24. The zero-order chi connectivity index (χ0) is 14.5. The monoisotopic (exact) mass is 342 g/mol. The van der Waals surface area contributed by atoms with Gasteiger partial charge in [-0.25, -0.2) is 4.79 Å². The standard InChI is InChI=1S/C14H19BrN2O3/c1-20-13-6-5-10(7-11(13)15)16-14(19)17-12-4-2-3-9(12)8-18/h5-7,9,12,18H,2-4,8H2,1H3,(H2,16,17,19)/t9-,12+/m1/s1. The zero-order valence-corrected chi connectivity index (χ0v) is 12.9. The van der Waals surface area contributed by atoms with Gasteiger partial charge in [0.25, 0.3) is 0 Å². The number of benzene rings is 1. The lowest BCUT2D eigenvalue weighted by Crippen LogP contribution is -2.41. The number of ether oxygens (including phenoxy) is 1. The summed E-state index contributed by atoms with van der Waals surface area (Å²) in [4.78, 5) is 11.9. The molecule has 0 aliphatic heterocycles. The van der Waals surface area contributed by atoms with Gasteiger partial charge in [-0.3, -0.25) is 0 Å². The Morgan fingerprint density at radius 3 is 2.95 bits per heavy atom. The summed E-state index contributed by atoms with van der Waals surface area (Å²) >= 11 is 3.38. The van der Waals surface area contributed by atoms with Crippen molar-refractivity contribution in [1.29, 1.82) is 0 Å². The molecule has 2 rings (SSSR count). The van der Waals surface area contributed by atoms with Gasteiger partial charge in [0.15, 0.2) is 0 Å². The van der Waals surface area contributed by atoms with E-state index < -0.39 is 0 Å². The average Bonchev–Trinajstić information content (AvgIpc) is 2.86. The van der Waals surface area contributed by atoms with Gasteiger partial charge in [0.2, 0.25) is 0 Å². The predicted octanol–water partition coefficient (Wildman–Crippen LogP) is 2.74. The van der Waals surface area contributed by atoms with Crippen molar-refractivity contribution >= 4 is 27.6 Å². The number of carbonyl (C=O) groups excluding carboxylic acids is 1. The van der Waals surface area contributed by atoms with Crippen LogP contribution in [0.25, 0.3) is 0 Å². The van der Waals surface area contributed by atoms with Gasteiger partial charge < -0.3 is 20.5 Å². The van der Waals surface area contributed by atoms with Crippen LogP contribution in [-0.2, 0) is 0 Å². The van der Waals surface area contributed by atoms with Crippen LogP contribution < -0.4 is 15.4 Å². The Morgan fingerprint density at radius 2 is 2.30 bits per heavy atom. The summed E-state index contributed by atoms with van der Waals surface area (Å²) in [6, 6.07) is 5.16. The molecule has 0 saturated heterocycles. The number of amides is 2. The number of aliphatic hydroxyl groups excluding tert-OH is 1. The summed E-state index contributed by atoms with van der Waals surface area (Å²) in [6.45, 7) is 0.124. The SMILES string of the molecule is COc1ccc(NC(=O)N[C@H]2CCC[C@@H]2CO)cc1Br. The van der Waals surface area contributed by atoms with Crippen LogP contribution in [0, 0.1) is 5.92 Å². The Hall–Kier alpha value is -1.27. The van der Waals surface area contributed by atoms with E-state index >= 15 is 0 Å². The summed E-state index contributed by atoms with van der Waals surface area (Å²) in [7, 11) is 1.59. The molecule has 1 aliphatic rings. The molecule has 2 amide bonds. The van der Waals surface area contributed by atoms with Crippen LogP contribution in [0.1, 0.15) is 19.3 Å². The Kier molecular flexibility index (Phi) is 5.25. The van der Waals surface area contributed by atoms with Gasteiger partial charge >= 0.3 is 6.03 Å². The Morgan fingerprint density at radius 1 is 1.50 bits per heavy atom. The Labute approximate surface area is 126 Å². The molecule has 1 fully saturated rings. The number of carbonyl (C=O) groups is 1. The number of anilines is 1. The first-order valence-electron chi connectivity index (χ1n) is 6.66. The number of rotatable bonds is 4. The van der Waals surface area contributed by atoms with Crippen molar-refractivity contribution in [3.63, 3.8) is 0 Å². The van der Waals surface area contributed by atoms with Crippen LogP contribution in [0.4, 0.5) is 10.5 Å². The highest BCUT2D eigenvalue weighted by Crippen LogP contribution is 2.28. The molecular formula is C14H19BrN2O3. The van der Waals surface area contributed by atoms with Gasteiger partial charge in [-0.15, -0.1) is 0 Å². The normalized spacial score (nSPS) is 21.6. The van der Waals surface area contributed by atoms with Gasteiger partial charge in [-0.2, -0.15) is 0 Å². The summed E-state index contributed by atoms with van der Waals surface area (Å²) < 4.78 is 5.92. The van der Waals surface area contributed by atoms with Gasteiger partial charge in [0.05, 0.1) is 11.6 Å². The smallest absolute Gasteiger partial charge is 0.319 e. The second-order valence-corrected chi connectivity index (χ2v) is 5.78. The number of aliphatic hydroxyl groups is 1. The molecule has 20 heavy (non-hydrogen) atoms. The van der Waals surface area contributed by atoms with Crippen molar-refractivity contribution in [2.75, 3.05) is 19.0 Å². The van der Waals surface area contributed by atoms with E-state index in [1.54, 1.807) is 25.3 Å². The van der Waals surface area contributed by atoms with Gasteiger partial charge in [0, 0.05) is 24.3 Å². The van der Waals surface area contributed by atoms with E-state index in [1.165, 1.54) is 0 Å². The fraction of sp³-hybridized carbons (Fsp3) is 0.500. The van der Waals surface area contributed by atoms with E-state index in [0.29, 0.717) is 11.4 Å². The fourth-order valence-corrected chi connectivity index (χ4v) is 3.07. The van der Waals surface area contributed by atoms with Crippen LogP contribution in [0.15, 0.2) is 22.7 Å². The number of hydrogen-bond donors (Lipinski definition) is 3. The molecule has 0 heterocycles. The van der Waals surface area contributed by atoms with Crippen molar-refractivity contribution in [2.24, 2.45) is 5.92 Å². The van der Waals surface area contributed by atoms with Crippen molar-refractivity contribution in [1.82, 2.24) is 5.32 Å². The lowest BCUT2D eigenvalue weighted by atomic mass is 10.1. The Balaban J connectivity index is 1.92. The summed E-state index contributed by atoms with van der Waals surface area (Å²) in [5.41, 5.74) is 0.689. The largest absolute Gasteiger partial charge is 0.496 e. The molecule has 5 nitrogen and oxygen atoms in total. The summed E-state index contributed by atoms with van der Waals surface area (Å²) in [5, 5.41) is 14.9. The molecule has 0 aromatic heterocycles. The second-order valence-electron chi connectivity index (χ2n) is 4.93. The van der Waals surface area contributed by atoms with Gasteiger partial charge in [-0.1, -0.05) is 6.42 Å². The van der Waals surface area contributed by atoms with E-state index in [2.05, 4.69) is 26.6 Å². The van der Waals surface area contributed by atoms with Crippen LogP contribution in [0.5, 0.6) is 5.75 Å². The molecule has 2 atom stereocenters. The van der Waals surface area contributed by atoms with E-state index in [4.69, 9.17) is 4.74 Å². The van der Waals surface area contributed by atoms with Gasteiger partial charge in [0.1, 0.15) is 5.75 Å². The molecule has 6 heteroatoms. The zero-order valence-electron chi connectivity index (χ0n) is 11.4. The maximum absolute atomic E-state index is 11.9. The van der Waals surface area contributed by atoms with Gasteiger partial charge in [-0.05, 0) is 47.0 Å². The van der Waals surface area contributed by atoms with E-state index in [1.807, 2.05) is 0 Å². The van der Waals surface area contributed by atoms with E-state index in [-0.39, 0.29) is 24.6 Å². The molecule has 1 saturated carbocycles. The van der Waals surface area contributed by atoms with E-state index in [9.17, 15) is 9.90 Å². The minimum atomic E-state index is -0.243. The molecule has 1 aromatic carbocycles. The van der Waals surface area contributed by atoms with Crippen molar-refractivity contribution in [2.45, 2.75) is 25.3 Å². The average molecular weight is 343 g/mol. The third kappa shape index (κ3) is 3.64. The number of urea groups is 1. The van der Waals surface area contributed by atoms with Crippen LogP contribution >= 0.6 is 15.9 Å². The third-order valence-electron chi connectivity index (χ3n) is 3.62. The maximum atomic E-state index is 11.9. The van der Waals surface area contributed by atoms with Crippen molar-refractivity contribution in [3.8, 4) is 5.75 Å². The molecule has 110 valence electrons. The molecule has 1 aromatic rings. The molecule has 0 spiro atoms. The van der Waals surface area contributed by atoms with Crippen molar-refractivity contribution < 1.29 is 14.6 Å². The highest BCUT2D eigenvalue weighted by Gasteiger charge is 2.27. The first-order valence-corrected chi connectivity index (χ1v) is 7.45. The number of nitrogens with one attached hydrogen (secondary N) is 2.